The second kappa shape index (κ2) is 5.59. The number of fused-ring (bicyclic) bond motifs is 1. The van der Waals surface area contributed by atoms with Crippen LogP contribution in [0.1, 0.15) is 24.4 Å². The number of benzene rings is 1. The van der Waals surface area contributed by atoms with E-state index in [9.17, 15) is 13.5 Å². The smallest absolute Gasteiger partial charge is 0.155 e. The van der Waals surface area contributed by atoms with Gasteiger partial charge in [0.2, 0.25) is 0 Å². The quantitative estimate of drug-likeness (QED) is 0.842. The molecule has 2 N–H and O–H groups in total. The van der Waals surface area contributed by atoms with E-state index in [0.29, 0.717) is 0 Å². The molecule has 1 aromatic rings. The highest BCUT2D eigenvalue weighted by atomic mass is 32.2. The Morgan fingerprint density at radius 2 is 2.05 bits per heavy atom. The Hall–Kier alpha value is -1.11. The molecule has 3 atom stereocenters. The molecule has 0 radical (unpaired) electrons. The lowest BCUT2D eigenvalue weighted by molar-refractivity contribution is 0.178. The Morgan fingerprint density at radius 1 is 1.29 bits per heavy atom. The highest BCUT2D eigenvalue weighted by molar-refractivity contribution is 7.91. The molecular formula is C15H22N2O3S. The second-order valence-electron chi connectivity index (χ2n) is 5.95. The predicted molar refractivity (Wildman–Crippen MR) is 83.3 cm³/mol. The van der Waals surface area contributed by atoms with E-state index in [2.05, 4.69) is 16.3 Å². The largest absolute Gasteiger partial charge is 0.390 e. The van der Waals surface area contributed by atoms with Crippen molar-refractivity contribution < 1.29 is 13.5 Å². The van der Waals surface area contributed by atoms with Crippen molar-refractivity contribution in [1.82, 2.24) is 5.32 Å². The fraction of sp³-hybridized carbons (Fsp3) is 0.600. The number of anilines is 1. The first-order valence-corrected chi connectivity index (χ1v) is 9.25. The van der Waals surface area contributed by atoms with Crippen LogP contribution in [0, 0.1) is 0 Å². The summed E-state index contributed by atoms with van der Waals surface area (Å²) in [7, 11) is -1.18. The highest BCUT2D eigenvalue weighted by Crippen LogP contribution is 2.35. The first-order valence-electron chi connectivity index (χ1n) is 7.43. The Kier molecular flexibility index (Phi) is 3.94. The molecule has 6 heteroatoms. The number of para-hydroxylation sites is 1. The molecule has 1 fully saturated rings. The first-order chi connectivity index (χ1) is 10.0. The summed E-state index contributed by atoms with van der Waals surface area (Å²) in [5.74, 6) is -0.0709. The number of hydrogen-bond donors (Lipinski definition) is 2. The minimum absolute atomic E-state index is 0.0483. The molecular weight excluding hydrogens is 288 g/mol. The van der Waals surface area contributed by atoms with Crippen LogP contribution in [0.25, 0.3) is 0 Å². The minimum atomic E-state index is -3.13. The van der Waals surface area contributed by atoms with Crippen LogP contribution in [-0.4, -0.2) is 50.8 Å². The summed E-state index contributed by atoms with van der Waals surface area (Å²) in [6.07, 6.45) is 1.19. The molecule has 1 aromatic carbocycles. The summed E-state index contributed by atoms with van der Waals surface area (Å²) in [5, 5.41) is 13.5. The monoisotopic (exact) mass is 310 g/mol. The van der Waals surface area contributed by atoms with Crippen molar-refractivity contribution in [2.75, 3.05) is 30.0 Å². The van der Waals surface area contributed by atoms with Gasteiger partial charge >= 0.3 is 0 Å². The Bertz CT molecular complexity index is 617. The lowest BCUT2D eigenvalue weighted by Crippen LogP contribution is -2.43. The van der Waals surface area contributed by atoms with E-state index in [1.807, 2.05) is 25.2 Å². The van der Waals surface area contributed by atoms with Gasteiger partial charge in [-0.05, 0) is 31.5 Å². The average Bonchev–Trinajstić information content (AvgIpc) is 2.63. The molecule has 5 nitrogen and oxygen atoms in total. The van der Waals surface area contributed by atoms with Gasteiger partial charge in [-0.3, -0.25) is 0 Å². The lowest BCUT2D eigenvalue weighted by Gasteiger charge is -2.32. The number of aliphatic hydroxyl groups excluding tert-OH is 1. The fourth-order valence-corrected chi connectivity index (χ4v) is 5.34. The Labute approximate surface area is 125 Å². The average molecular weight is 310 g/mol. The molecule has 116 valence electrons. The zero-order chi connectivity index (χ0) is 15.0. The summed E-state index contributed by atoms with van der Waals surface area (Å²) in [4.78, 5) is 2.10. The number of nitrogens with zero attached hydrogens (tertiary/aromatic N) is 1. The van der Waals surface area contributed by atoms with Crippen LogP contribution in [0.3, 0.4) is 0 Å². The van der Waals surface area contributed by atoms with Crippen molar-refractivity contribution in [2.45, 2.75) is 31.0 Å². The van der Waals surface area contributed by atoms with E-state index < -0.39 is 15.9 Å². The van der Waals surface area contributed by atoms with Crippen molar-refractivity contribution in [3.63, 3.8) is 0 Å². The molecule has 0 aliphatic carbocycles. The number of nitrogens with one attached hydrogen (secondary N) is 1. The summed E-state index contributed by atoms with van der Waals surface area (Å²) < 4.78 is 23.6. The van der Waals surface area contributed by atoms with Gasteiger partial charge in [0.15, 0.2) is 9.84 Å². The zero-order valence-electron chi connectivity index (χ0n) is 12.2. The molecule has 0 aromatic heterocycles. The van der Waals surface area contributed by atoms with Crippen LogP contribution >= 0.6 is 0 Å². The molecule has 1 saturated heterocycles. The number of rotatable bonds is 2. The summed E-state index contributed by atoms with van der Waals surface area (Å²) in [6, 6.07) is 8.05. The maximum absolute atomic E-state index is 11.8. The molecule has 0 spiro atoms. The maximum atomic E-state index is 11.8. The number of sulfone groups is 1. The van der Waals surface area contributed by atoms with Gasteiger partial charge in [0.05, 0.1) is 23.7 Å². The van der Waals surface area contributed by atoms with Crippen molar-refractivity contribution in [3.05, 3.63) is 29.8 Å². The van der Waals surface area contributed by atoms with Crippen LogP contribution in [0.2, 0.25) is 0 Å². The van der Waals surface area contributed by atoms with Crippen molar-refractivity contribution in [2.24, 2.45) is 0 Å². The second-order valence-corrected chi connectivity index (χ2v) is 8.10. The SMILES string of the molecule is CNC1CCCN(C2CS(=O)(=O)CC2O)c2ccccc21. The van der Waals surface area contributed by atoms with Gasteiger partial charge in [0.25, 0.3) is 0 Å². The topological polar surface area (TPSA) is 69.6 Å². The van der Waals surface area contributed by atoms with E-state index in [0.717, 1.165) is 25.1 Å². The van der Waals surface area contributed by atoms with Gasteiger partial charge in [-0.25, -0.2) is 8.42 Å². The number of aliphatic hydroxyl groups is 1. The third-order valence-corrected chi connectivity index (χ3v) is 6.25. The molecule has 0 bridgehead atoms. The fourth-order valence-electron chi connectivity index (χ4n) is 3.54. The highest BCUT2D eigenvalue weighted by Gasteiger charge is 2.41. The molecule has 3 unspecified atom stereocenters. The normalized spacial score (nSPS) is 31.7. The van der Waals surface area contributed by atoms with Gasteiger partial charge in [0, 0.05) is 18.3 Å². The minimum Gasteiger partial charge on any atom is -0.390 e. The summed E-state index contributed by atoms with van der Waals surface area (Å²) >= 11 is 0. The van der Waals surface area contributed by atoms with E-state index in [4.69, 9.17) is 0 Å². The van der Waals surface area contributed by atoms with Crippen LogP contribution < -0.4 is 10.2 Å². The van der Waals surface area contributed by atoms with Gasteiger partial charge in [-0.2, -0.15) is 0 Å². The Balaban J connectivity index is 1.99. The summed E-state index contributed by atoms with van der Waals surface area (Å²) in [6.45, 7) is 0.784. The van der Waals surface area contributed by atoms with Crippen molar-refractivity contribution >= 4 is 15.5 Å². The standard InChI is InChI=1S/C15H22N2O3S/c1-16-12-6-4-8-17(13-7-3-2-5-11(12)13)14-9-21(19,20)10-15(14)18/h2-3,5,7,12,14-16,18H,4,6,8-10H2,1H3. The first kappa shape index (κ1) is 14.8. The lowest BCUT2D eigenvalue weighted by atomic mass is 10.0. The molecule has 3 rings (SSSR count). The van der Waals surface area contributed by atoms with Crippen LogP contribution in [-0.2, 0) is 9.84 Å². The van der Waals surface area contributed by atoms with E-state index >= 15 is 0 Å². The van der Waals surface area contributed by atoms with Gasteiger partial charge in [-0.1, -0.05) is 18.2 Å². The van der Waals surface area contributed by atoms with E-state index in [1.165, 1.54) is 5.56 Å². The molecule has 0 saturated carbocycles. The summed E-state index contributed by atoms with van der Waals surface area (Å²) in [5.41, 5.74) is 2.24. The van der Waals surface area contributed by atoms with Crippen molar-refractivity contribution in [1.29, 1.82) is 0 Å². The maximum Gasteiger partial charge on any atom is 0.155 e. The van der Waals surface area contributed by atoms with E-state index in [-0.39, 0.29) is 23.6 Å². The third-order valence-electron chi connectivity index (χ3n) is 4.56. The van der Waals surface area contributed by atoms with Crippen LogP contribution in [0.15, 0.2) is 24.3 Å². The zero-order valence-corrected chi connectivity index (χ0v) is 13.0. The van der Waals surface area contributed by atoms with Crippen LogP contribution in [0.4, 0.5) is 5.69 Å². The van der Waals surface area contributed by atoms with Gasteiger partial charge < -0.3 is 15.3 Å². The van der Waals surface area contributed by atoms with Gasteiger partial charge in [-0.15, -0.1) is 0 Å². The van der Waals surface area contributed by atoms with Crippen LogP contribution in [0.5, 0.6) is 0 Å². The molecule has 21 heavy (non-hydrogen) atoms. The van der Waals surface area contributed by atoms with Gasteiger partial charge in [0.1, 0.15) is 0 Å². The third kappa shape index (κ3) is 2.80. The molecule has 2 aliphatic heterocycles. The Morgan fingerprint density at radius 3 is 2.71 bits per heavy atom. The van der Waals surface area contributed by atoms with E-state index in [1.54, 1.807) is 0 Å². The molecule has 0 amide bonds. The predicted octanol–water partition coefficient (Wildman–Crippen LogP) is 0.705. The molecule has 2 heterocycles. The molecule has 2 aliphatic rings. The van der Waals surface area contributed by atoms with Crippen molar-refractivity contribution in [3.8, 4) is 0 Å². The number of hydrogen-bond acceptors (Lipinski definition) is 5.